The number of hydrogen-bond donors (Lipinski definition) is 0. The summed E-state index contributed by atoms with van der Waals surface area (Å²) in [5.74, 6) is -0.575. The maximum atomic E-state index is 13.9. The lowest BCUT2D eigenvalue weighted by Crippen LogP contribution is -2.03. The van der Waals surface area contributed by atoms with Gasteiger partial charge >= 0.3 is 0 Å². The van der Waals surface area contributed by atoms with Crippen LogP contribution in [0.1, 0.15) is 27.0 Å². The first kappa shape index (κ1) is 21.6. The van der Waals surface area contributed by atoms with Crippen molar-refractivity contribution in [3.05, 3.63) is 125 Å². The van der Waals surface area contributed by atoms with Crippen LogP contribution in [0.2, 0.25) is 0 Å². The summed E-state index contributed by atoms with van der Waals surface area (Å²) < 4.78 is 39.4. The number of allylic oxidation sites excluding steroid dienone is 1. The maximum absolute atomic E-state index is 13.9. The molecule has 0 unspecified atom stereocenters. The van der Waals surface area contributed by atoms with Crippen LogP contribution in [-0.4, -0.2) is 5.78 Å². The number of hydrogen-bond acceptors (Lipinski definition) is 3. The lowest BCUT2D eigenvalue weighted by Gasteiger charge is -2.12. The second kappa shape index (κ2) is 8.94. The number of carbonyl (C=O) groups is 1. The number of benzene rings is 4. The zero-order chi connectivity index (χ0) is 23.7. The van der Waals surface area contributed by atoms with Crippen LogP contribution in [0.5, 0.6) is 11.5 Å². The Morgan fingerprint density at radius 2 is 1.50 bits per heavy atom. The molecule has 0 amide bonds. The number of Topliss-reactive ketones (excluding diaryl/α,β-unsaturated/α-hetero) is 1. The summed E-state index contributed by atoms with van der Waals surface area (Å²) in [6.45, 7) is 1.47. The third-order valence-corrected chi connectivity index (χ3v) is 5.79. The molecule has 4 aromatic rings. The maximum Gasteiger partial charge on any atom is 0.231 e. The standard InChI is InChI=1S/C29H20F2O3/c1-18-26(33-17-23-24(30)8-5-9-25(23)31)15-14-22-28(32)27(34-29(18)22)16-19-10-12-21(13-11-19)20-6-3-2-4-7-20/h2-16H,17H2,1H3/b27-16-. The average Bonchev–Trinajstić information content (AvgIpc) is 3.17. The quantitative estimate of drug-likeness (QED) is 0.301. The van der Waals surface area contributed by atoms with E-state index >= 15 is 0 Å². The first-order valence-electron chi connectivity index (χ1n) is 10.8. The van der Waals surface area contributed by atoms with Crippen molar-refractivity contribution in [2.75, 3.05) is 0 Å². The molecule has 0 fully saturated rings. The highest BCUT2D eigenvalue weighted by molar-refractivity contribution is 6.15. The number of rotatable bonds is 5. The molecule has 3 nitrogen and oxygen atoms in total. The van der Waals surface area contributed by atoms with Gasteiger partial charge in [-0.05, 0) is 54.0 Å². The molecule has 5 rings (SSSR count). The molecule has 1 heterocycles. The minimum atomic E-state index is -0.672. The van der Waals surface area contributed by atoms with Crippen molar-refractivity contribution in [2.24, 2.45) is 0 Å². The fraction of sp³-hybridized carbons (Fsp3) is 0.0690. The van der Waals surface area contributed by atoms with Gasteiger partial charge in [-0.15, -0.1) is 0 Å². The Hall–Kier alpha value is -4.25. The fourth-order valence-corrected chi connectivity index (χ4v) is 3.90. The summed E-state index contributed by atoms with van der Waals surface area (Å²) in [6.07, 6.45) is 1.70. The van der Waals surface area contributed by atoms with Gasteiger partial charge < -0.3 is 9.47 Å². The van der Waals surface area contributed by atoms with Gasteiger partial charge in [0, 0.05) is 5.56 Å². The molecule has 0 radical (unpaired) electrons. The fourth-order valence-electron chi connectivity index (χ4n) is 3.90. The molecule has 0 aliphatic carbocycles. The molecule has 1 aliphatic rings. The lowest BCUT2D eigenvalue weighted by atomic mass is 10.0. The summed E-state index contributed by atoms with van der Waals surface area (Å²) in [7, 11) is 0. The van der Waals surface area contributed by atoms with E-state index in [1.54, 1.807) is 25.1 Å². The molecule has 168 valence electrons. The number of ketones is 1. The van der Waals surface area contributed by atoms with Gasteiger partial charge in [-0.2, -0.15) is 0 Å². The number of carbonyl (C=O) groups excluding carboxylic acids is 1. The van der Waals surface area contributed by atoms with Gasteiger partial charge in [0.1, 0.15) is 29.7 Å². The average molecular weight is 454 g/mol. The van der Waals surface area contributed by atoms with Crippen molar-refractivity contribution in [3.63, 3.8) is 0 Å². The second-order valence-corrected chi connectivity index (χ2v) is 7.98. The Bertz CT molecular complexity index is 1390. The predicted molar refractivity (Wildman–Crippen MR) is 127 cm³/mol. The first-order chi connectivity index (χ1) is 16.5. The van der Waals surface area contributed by atoms with Crippen molar-refractivity contribution in [1.29, 1.82) is 0 Å². The number of fused-ring (bicyclic) bond motifs is 1. The summed E-state index contributed by atoms with van der Waals surface area (Å²) in [5, 5.41) is 0. The highest BCUT2D eigenvalue weighted by atomic mass is 19.1. The summed E-state index contributed by atoms with van der Waals surface area (Å²) in [4.78, 5) is 12.9. The van der Waals surface area contributed by atoms with E-state index in [9.17, 15) is 13.6 Å². The van der Waals surface area contributed by atoms with E-state index in [4.69, 9.17) is 9.47 Å². The van der Waals surface area contributed by atoms with Crippen LogP contribution in [-0.2, 0) is 6.61 Å². The van der Waals surface area contributed by atoms with E-state index in [1.807, 2.05) is 54.6 Å². The van der Waals surface area contributed by atoms with Crippen molar-refractivity contribution < 1.29 is 23.0 Å². The van der Waals surface area contributed by atoms with E-state index in [0.29, 0.717) is 22.6 Å². The molecule has 1 aliphatic heterocycles. The first-order valence-corrected chi connectivity index (χ1v) is 10.8. The Morgan fingerprint density at radius 3 is 2.21 bits per heavy atom. The normalized spacial score (nSPS) is 13.6. The van der Waals surface area contributed by atoms with Crippen LogP contribution >= 0.6 is 0 Å². The molecule has 0 N–H and O–H groups in total. The second-order valence-electron chi connectivity index (χ2n) is 7.98. The summed E-state index contributed by atoms with van der Waals surface area (Å²) >= 11 is 0. The molecule has 5 heteroatoms. The van der Waals surface area contributed by atoms with Crippen molar-refractivity contribution >= 4 is 11.9 Å². The van der Waals surface area contributed by atoms with Crippen LogP contribution in [0.4, 0.5) is 8.78 Å². The van der Waals surface area contributed by atoms with Gasteiger partial charge in [0.05, 0.1) is 11.1 Å². The molecule has 34 heavy (non-hydrogen) atoms. The lowest BCUT2D eigenvalue weighted by molar-refractivity contribution is 0.101. The Kier molecular flexibility index (Phi) is 5.68. The Balaban J connectivity index is 1.36. The van der Waals surface area contributed by atoms with Gasteiger partial charge in [-0.25, -0.2) is 8.78 Å². The van der Waals surface area contributed by atoms with Crippen LogP contribution in [0, 0.1) is 18.6 Å². The summed E-state index contributed by atoms with van der Waals surface area (Å²) in [6, 6.07) is 24.8. The van der Waals surface area contributed by atoms with Crippen molar-refractivity contribution in [1.82, 2.24) is 0 Å². The molecule has 0 aromatic heterocycles. The highest BCUT2D eigenvalue weighted by Gasteiger charge is 2.30. The number of halogens is 2. The molecule has 0 saturated carbocycles. The van der Waals surface area contributed by atoms with Crippen LogP contribution in [0.3, 0.4) is 0 Å². The highest BCUT2D eigenvalue weighted by Crippen LogP contribution is 2.39. The van der Waals surface area contributed by atoms with E-state index in [-0.39, 0.29) is 23.7 Å². The smallest absolute Gasteiger partial charge is 0.231 e. The molecular weight excluding hydrogens is 434 g/mol. The topological polar surface area (TPSA) is 35.5 Å². The zero-order valence-electron chi connectivity index (χ0n) is 18.3. The van der Waals surface area contributed by atoms with Crippen molar-refractivity contribution in [3.8, 4) is 22.6 Å². The molecule has 4 aromatic carbocycles. The molecule has 0 spiro atoms. The number of ether oxygens (including phenoxy) is 2. The van der Waals surface area contributed by atoms with Gasteiger partial charge in [0.2, 0.25) is 5.78 Å². The molecule has 0 bridgehead atoms. The van der Waals surface area contributed by atoms with Gasteiger partial charge in [-0.3, -0.25) is 4.79 Å². The van der Waals surface area contributed by atoms with Gasteiger partial charge in [0.15, 0.2) is 5.76 Å². The minimum Gasteiger partial charge on any atom is -0.488 e. The largest absolute Gasteiger partial charge is 0.488 e. The van der Waals surface area contributed by atoms with Crippen LogP contribution in [0.25, 0.3) is 17.2 Å². The van der Waals surface area contributed by atoms with Crippen LogP contribution < -0.4 is 9.47 Å². The SMILES string of the molecule is Cc1c(OCc2c(F)cccc2F)ccc2c1O/C(=C\c1ccc(-c3ccccc3)cc1)C2=O. The molecule has 0 atom stereocenters. The van der Waals surface area contributed by atoms with Gasteiger partial charge in [-0.1, -0.05) is 60.7 Å². The van der Waals surface area contributed by atoms with Crippen LogP contribution in [0.15, 0.2) is 90.7 Å². The summed E-state index contributed by atoms with van der Waals surface area (Å²) in [5.41, 5.74) is 3.88. The van der Waals surface area contributed by atoms with E-state index in [2.05, 4.69) is 0 Å². The van der Waals surface area contributed by atoms with E-state index < -0.39 is 11.6 Å². The predicted octanol–water partition coefficient (Wildman–Crippen LogP) is 7.14. The van der Waals surface area contributed by atoms with E-state index in [1.165, 1.54) is 18.2 Å². The van der Waals surface area contributed by atoms with E-state index in [0.717, 1.165) is 16.7 Å². The Labute approximate surface area is 195 Å². The zero-order valence-corrected chi connectivity index (χ0v) is 18.3. The minimum absolute atomic E-state index is 0.154. The molecular formula is C29H20F2O3. The third kappa shape index (κ3) is 4.08. The Morgan fingerprint density at radius 1 is 0.824 bits per heavy atom. The monoisotopic (exact) mass is 454 g/mol. The van der Waals surface area contributed by atoms with Crippen molar-refractivity contribution in [2.45, 2.75) is 13.5 Å². The third-order valence-electron chi connectivity index (χ3n) is 5.79. The van der Waals surface area contributed by atoms with Gasteiger partial charge in [0.25, 0.3) is 0 Å². The molecule has 0 saturated heterocycles.